The van der Waals surface area contributed by atoms with Gasteiger partial charge in [0.2, 0.25) is 5.91 Å². The van der Waals surface area contributed by atoms with E-state index in [-0.39, 0.29) is 11.5 Å². The van der Waals surface area contributed by atoms with E-state index in [2.05, 4.69) is 4.90 Å². The van der Waals surface area contributed by atoms with Gasteiger partial charge in [-0.3, -0.25) is 4.79 Å². The molecule has 27 heavy (non-hydrogen) atoms. The van der Waals surface area contributed by atoms with Gasteiger partial charge in [-0.25, -0.2) is 4.79 Å². The number of carbonyl (C=O) groups is 2. The van der Waals surface area contributed by atoms with Crippen LogP contribution < -0.4 is 9.64 Å². The van der Waals surface area contributed by atoms with Crippen molar-refractivity contribution in [3.63, 3.8) is 0 Å². The van der Waals surface area contributed by atoms with Crippen molar-refractivity contribution in [3.8, 4) is 5.75 Å². The molecule has 2 aromatic rings. The number of piperazine rings is 1. The number of hydrogen-bond acceptors (Lipinski definition) is 4. The lowest BCUT2D eigenvalue weighted by Crippen LogP contribution is -2.49. The molecule has 0 aliphatic carbocycles. The monoisotopic (exact) mass is 368 g/mol. The molecule has 1 heterocycles. The van der Waals surface area contributed by atoms with Crippen LogP contribution in [-0.2, 0) is 4.79 Å². The van der Waals surface area contributed by atoms with Gasteiger partial charge in [-0.15, -0.1) is 0 Å². The van der Waals surface area contributed by atoms with E-state index in [4.69, 9.17) is 9.84 Å². The molecule has 0 bridgehead atoms. The molecular formula is C21H24N2O4. The van der Waals surface area contributed by atoms with Crippen molar-refractivity contribution in [1.82, 2.24) is 4.90 Å². The highest BCUT2D eigenvalue weighted by atomic mass is 16.5. The molecule has 0 atom stereocenters. The number of carboxylic acids is 1. The van der Waals surface area contributed by atoms with Crippen molar-refractivity contribution in [3.05, 3.63) is 59.7 Å². The molecular weight excluding hydrogens is 344 g/mol. The van der Waals surface area contributed by atoms with Crippen LogP contribution >= 0.6 is 0 Å². The van der Waals surface area contributed by atoms with Crippen LogP contribution in [0.2, 0.25) is 0 Å². The Balaban J connectivity index is 1.46. The molecule has 142 valence electrons. The summed E-state index contributed by atoms with van der Waals surface area (Å²) in [4.78, 5) is 27.5. The fourth-order valence-corrected chi connectivity index (χ4v) is 3.17. The van der Waals surface area contributed by atoms with Crippen LogP contribution in [0.1, 0.15) is 22.3 Å². The zero-order valence-electron chi connectivity index (χ0n) is 15.4. The van der Waals surface area contributed by atoms with Gasteiger partial charge in [0.05, 0.1) is 18.6 Å². The van der Waals surface area contributed by atoms with Gasteiger partial charge in [0, 0.05) is 31.9 Å². The zero-order chi connectivity index (χ0) is 19.2. The zero-order valence-corrected chi connectivity index (χ0v) is 15.4. The Morgan fingerprint density at radius 2 is 1.78 bits per heavy atom. The Labute approximate surface area is 159 Å². The van der Waals surface area contributed by atoms with E-state index in [1.165, 1.54) is 0 Å². The van der Waals surface area contributed by atoms with Gasteiger partial charge in [-0.05, 0) is 42.8 Å². The number of anilines is 1. The SMILES string of the molecule is Cc1cccc(OCCC(=O)N2CCN(c3cccc(C(=O)O)c3)CC2)c1. The second-order valence-corrected chi connectivity index (χ2v) is 6.64. The summed E-state index contributed by atoms with van der Waals surface area (Å²) >= 11 is 0. The summed E-state index contributed by atoms with van der Waals surface area (Å²) in [5.74, 6) is -0.0632. The highest BCUT2D eigenvalue weighted by molar-refractivity contribution is 5.88. The number of aromatic carboxylic acids is 1. The topological polar surface area (TPSA) is 70.1 Å². The van der Waals surface area contributed by atoms with E-state index in [0.29, 0.717) is 39.2 Å². The highest BCUT2D eigenvalue weighted by Gasteiger charge is 2.21. The number of hydrogen-bond donors (Lipinski definition) is 1. The molecule has 1 amide bonds. The molecule has 1 aliphatic rings. The van der Waals surface area contributed by atoms with Crippen molar-refractivity contribution >= 4 is 17.6 Å². The second-order valence-electron chi connectivity index (χ2n) is 6.64. The number of carbonyl (C=O) groups excluding carboxylic acids is 1. The molecule has 1 aliphatic heterocycles. The molecule has 0 unspecified atom stereocenters. The number of amides is 1. The average molecular weight is 368 g/mol. The molecule has 1 N–H and O–H groups in total. The first kappa shape index (κ1) is 18.8. The summed E-state index contributed by atoms with van der Waals surface area (Å²) in [5, 5.41) is 9.12. The third-order valence-corrected chi connectivity index (χ3v) is 4.66. The van der Waals surface area contributed by atoms with Crippen molar-refractivity contribution in [2.75, 3.05) is 37.7 Å². The van der Waals surface area contributed by atoms with Gasteiger partial charge >= 0.3 is 5.97 Å². The molecule has 0 saturated carbocycles. The molecule has 2 aromatic carbocycles. The van der Waals surface area contributed by atoms with Crippen molar-refractivity contribution < 1.29 is 19.4 Å². The summed E-state index contributed by atoms with van der Waals surface area (Å²) in [5.41, 5.74) is 2.28. The molecule has 1 fully saturated rings. The number of benzene rings is 2. The number of aryl methyl sites for hydroxylation is 1. The number of ether oxygens (including phenoxy) is 1. The van der Waals surface area contributed by atoms with E-state index >= 15 is 0 Å². The van der Waals surface area contributed by atoms with Gasteiger partial charge in [0.1, 0.15) is 5.75 Å². The average Bonchev–Trinajstić information content (AvgIpc) is 2.68. The molecule has 0 aromatic heterocycles. The Hall–Kier alpha value is -3.02. The first-order chi connectivity index (χ1) is 13.0. The quantitative estimate of drug-likeness (QED) is 0.849. The largest absolute Gasteiger partial charge is 0.493 e. The predicted molar refractivity (Wildman–Crippen MR) is 103 cm³/mol. The first-order valence-corrected chi connectivity index (χ1v) is 9.08. The van der Waals surface area contributed by atoms with E-state index < -0.39 is 5.97 Å². The number of carboxylic acid groups (broad SMARTS) is 1. The summed E-state index contributed by atoms with van der Waals surface area (Å²) in [7, 11) is 0. The summed E-state index contributed by atoms with van der Waals surface area (Å²) < 4.78 is 5.66. The van der Waals surface area contributed by atoms with Gasteiger partial charge < -0.3 is 19.6 Å². The highest BCUT2D eigenvalue weighted by Crippen LogP contribution is 2.19. The summed E-state index contributed by atoms with van der Waals surface area (Å²) in [6.07, 6.45) is 0.350. The van der Waals surface area contributed by atoms with Crippen LogP contribution in [0.3, 0.4) is 0 Å². The Morgan fingerprint density at radius 1 is 1.04 bits per heavy atom. The summed E-state index contributed by atoms with van der Waals surface area (Å²) in [6.45, 7) is 5.00. The molecule has 1 saturated heterocycles. The fraction of sp³-hybridized carbons (Fsp3) is 0.333. The van der Waals surface area contributed by atoms with E-state index in [9.17, 15) is 9.59 Å². The van der Waals surface area contributed by atoms with Crippen LogP contribution in [0.25, 0.3) is 0 Å². The number of rotatable bonds is 6. The van der Waals surface area contributed by atoms with Crippen LogP contribution in [0, 0.1) is 6.92 Å². The minimum absolute atomic E-state index is 0.0848. The molecule has 3 rings (SSSR count). The minimum Gasteiger partial charge on any atom is -0.493 e. The molecule has 6 heteroatoms. The maximum Gasteiger partial charge on any atom is 0.335 e. The Kier molecular flexibility index (Phi) is 5.96. The normalized spacial score (nSPS) is 14.1. The van der Waals surface area contributed by atoms with Gasteiger partial charge in [-0.1, -0.05) is 18.2 Å². The van der Waals surface area contributed by atoms with Crippen LogP contribution in [0.4, 0.5) is 5.69 Å². The summed E-state index contributed by atoms with van der Waals surface area (Å²) in [6, 6.07) is 14.7. The third-order valence-electron chi connectivity index (χ3n) is 4.66. The third kappa shape index (κ3) is 5.00. The van der Waals surface area contributed by atoms with Crippen molar-refractivity contribution in [2.24, 2.45) is 0 Å². The first-order valence-electron chi connectivity index (χ1n) is 9.08. The van der Waals surface area contributed by atoms with E-state index in [1.807, 2.05) is 42.2 Å². The standard InChI is InChI=1S/C21H24N2O4/c1-16-4-2-7-19(14-16)27-13-8-20(24)23-11-9-22(10-12-23)18-6-3-5-17(15-18)21(25)26/h2-7,14-15H,8-13H2,1H3,(H,25,26). The second kappa shape index (κ2) is 8.58. The Morgan fingerprint density at radius 3 is 2.48 bits per heavy atom. The van der Waals surface area contributed by atoms with Crippen molar-refractivity contribution in [2.45, 2.75) is 13.3 Å². The van der Waals surface area contributed by atoms with E-state index in [1.54, 1.807) is 18.2 Å². The smallest absolute Gasteiger partial charge is 0.335 e. The van der Waals surface area contributed by atoms with Crippen LogP contribution in [0.15, 0.2) is 48.5 Å². The number of nitrogens with zero attached hydrogens (tertiary/aromatic N) is 2. The maximum absolute atomic E-state index is 12.4. The molecule has 6 nitrogen and oxygen atoms in total. The van der Waals surface area contributed by atoms with E-state index in [0.717, 1.165) is 17.0 Å². The fourth-order valence-electron chi connectivity index (χ4n) is 3.17. The van der Waals surface area contributed by atoms with Crippen LogP contribution in [0.5, 0.6) is 5.75 Å². The van der Waals surface area contributed by atoms with Gasteiger partial charge in [-0.2, -0.15) is 0 Å². The van der Waals surface area contributed by atoms with Crippen molar-refractivity contribution in [1.29, 1.82) is 0 Å². The predicted octanol–water partition coefficient (Wildman–Crippen LogP) is 2.81. The lowest BCUT2D eigenvalue weighted by molar-refractivity contribution is -0.132. The lowest BCUT2D eigenvalue weighted by Gasteiger charge is -2.36. The molecule has 0 radical (unpaired) electrons. The van der Waals surface area contributed by atoms with Gasteiger partial charge in [0.15, 0.2) is 0 Å². The Bertz CT molecular complexity index is 813. The minimum atomic E-state index is -0.931. The molecule has 0 spiro atoms. The van der Waals surface area contributed by atoms with Gasteiger partial charge in [0.25, 0.3) is 0 Å². The van der Waals surface area contributed by atoms with Crippen LogP contribution in [-0.4, -0.2) is 54.7 Å². The maximum atomic E-state index is 12.4. The lowest BCUT2D eigenvalue weighted by atomic mass is 10.1.